The van der Waals surface area contributed by atoms with Crippen molar-refractivity contribution in [3.63, 3.8) is 0 Å². The maximum Gasteiger partial charge on any atom is 0.409 e. The number of carboxylic acids is 2. The molecule has 1 heterocycles. The summed E-state index contributed by atoms with van der Waals surface area (Å²) in [6.07, 6.45) is 0.335. The van der Waals surface area contributed by atoms with E-state index in [1.807, 2.05) is 0 Å². The first kappa shape index (κ1) is 26.2. The molecular weight excluding hydrogens is 501 g/mol. The van der Waals surface area contributed by atoms with Crippen molar-refractivity contribution < 1.29 is 38.8 Å². The normalized spacial score (nSPS) is 13.3. The zero-order valence-corrected chi connectivity index (χ0v) is 20.6. The van der Waals surface area contributed by atoms with E-state index in [4.69, 9.17) is 37.4 Å². The van der Waals surface area contributed by atoms with Gasteiger partial charge in [0, 0.05) is 24.2 Å². The first-order valence-corrected chi connectivity index (χ1v) is 11.1. The van der Waals surface area contributed by atoms with Crippen LogP contribution < -0.4 is 19.7 Å². The van der Waals surface area contributed by atoms with E-state index in [0.717, 1.165) is 5.57 Å². The molecule has 1 fully saturated rings. The second-order valence-corrected chi connectivity index (χ2v) is 8.40. The number of benzene rings is 2. The number of carboxylic acid groups (broad SMARTS) is 2. The number of carbonyl (C=O) groups is 3. The van der Waals surface area contributed by atoms with E-state index in [9.17, 15) is 24.6 Å². The minimum absolute atomic E-state index is 0.0223. The standard InChI is InChI=1S/C24H23Cl2NO8/c1-33-20-15(22(28)29)8-13(10-17(20)25)19(12-4-6-27(7-5-12)24(32)35-3)14-9-16(23(30)31)21(34-2)18(26)11-14/h8-11H,4-7H2,1-3H3,(H,28,29)(H,30,31)/p-2. The lowest BCUT2D eigenvalue weighted by molar-refractivity contribution is -0.256. The summed E-state index contributed by atoms with van der Waals surface area (Å²) in [5, 5.41) is 23.7. The van der Waals surface area contributed by atoms with Crippen molar-refractivity contribution in [2.45, 2.75) is 12.8 Å². The zero-order valence-electron chi connectivity index (χ0n) is 19.1. The van der Waals surface area contributed by atoms with Crippen LogP contribution in [0.5, 0.6) is 11.5 Å². The van der Waals surface area contributed by atoms with Crippen molar-refractivity contribution >= 4 is 46.8 Å². The fourth-order valence-corrected chi connectivity index (χ4v) is 4.70. The molecule has 35 heavy (non-hydrogen) atoms. The summed E-state index contributed by atoms with van der Waals surface area (Å²) in [6, 6.07) is 5.70. The van der Waals surface area contributed by atoms with Crippen LogP contribution in [-0.2, 0) is 4.74 Å². The second-order valence-electron chi connectivity index (χ2n) is 7.59. The molecule has 1 saturated heterocycles. The van der Waals surface area contributed by atoms with E-state index < -0.39 is 18.0 Å². The number of likely N-dealkylation sites (tertiary alicyclic amines) is 1. The molecule has 186 valence electrons. The molecule has 0 bridgehead atoms. The number of amides is 1. The number of methoxy groups -OCH3 is 3. The smallest absolute Gasteiger partial charge is 0.409 e. The first-order valence-electron chi connectivity index (χ1n) is 10.4. The highest BCUT2D eigenvalue weighted by Crippen LogP contribution is 2.41. The van der Waals surface area contributed by atoms with Crippen LogP contribution >= 0.6 is 23.2 Å². The Balaban J connectivity index is 2.28. The molecule has 1 aliphatic rings. The molecule has 1 aliphatic heterocycles. The summed E-state index contributed by atoms with van der Waals surface area (Å²) in [5.41, 5.74) is 1.53. The Morgan fingerprint density at radius 3 is 1.57 bits per heavy atom. The molecule has 0 N–H and O–H groups in total. The number of carbonyl (C=O) groups excluding carboxylic acids is 3. The van der Waals surface area contributed by atoms with Gasteiger partial charge in [-0.1, -0.05) is 28.8 Å². The molecule has 1 amide bonds. The number of aromatic carboxylic acids is 2. The van der Waals surface area contributed by atoms with E-state index in [2.05, 4.69) is 0 Å². The average Bonchev–Trinajstić information content (AvgIpc) is 2.83. The fourth-order valence-electron chi connectivity index (χ4n) is 4.11. The molecule has 0 aliphatic carbocycles. The Hall–Kier alpha value is -3.43. The maximum atomic E-state index is 11.9. The Bertz CT molecular complexity index is 1140. The van der Waals surface area contributed by atoms with Gasteiger partial charge in [-0.05, 0) is 53.8 Å². The van der Waals surface area contributed by atoms with E-state index in [0.29, 0.717) is 42.6 Å². The van der Waals surface area contributed by atoms with E-state index in [1.54, 1.807) is 0 Å². The number of hydrogen-bond donors (Lipinski definition) is 0. The minimum Gasteiger partial charge on any atom is -0.545 e. The quantitative estimate of drug-likeness (QED) is 0.566. The van der Waals surface area contributed by atoms with Crippen molar-refractivity contribution in [3.05, 3.63) is 62.1 Å². The van der Waals surface area contributed by atoms with Crippen LogP contribution in [0.4, 0.5) is 4.79 Å². The van der Waals surface area contributed by atoms with E-state index in [-0.39, 0.29) is 32.7 Å². The molecule has 0 spiro atoms. The van der Waals surface area contributed by atoms with Gasteiger partial charge in [-0.15, -0.1) is 0 Å². The van der Waals surface area contributed by atoms with Crippen molar-refractivity contribution in [3.8, 4) is 11.5 Å². The molecule has 0 saturated carbocycles. The number of rotatable bonds is 6. The molecule has 3 rings (SSSR count). The lowest BCUT2D eigenvalue weighted by Gasteiger charge is -2.29. The van der Waals surface area contributed by atoms with E-state index in [1.165, 1.54) is 50.5 Å². The van der Waals surface area contributed by atoms with Crippen LogP contribution in [0.2, 0.25) is 10.0 Å². The zero-order chi connectivity index (χ0) is 25.9. The summed E-state index contributed by atoms with van der Waals surface area (Å²) in [5.74, 6) is -3.13. The average molecular weight is 522 g/mol. The van der Waals surface area contributed by atoms with Crippen LogP contribution in [0.1, 0.15) is 44.7 Å². The lowest BCUT2D eigenvalue weighted by Crippen LogP contribution is -2.36. The van der Waals surface area contributed by atoms with Crippen LogP contribution in [0.15, 0.2) is 29.8 Å². The molecule has 2 aromatic carbocycles. The number of hydrogen-bond acceptors (Lipinski definition) is 8. The summed E-state index contributed by atoms with van der Waals surface area (Å²) >= 11 is 12.7. The molecular formula is C24H21Cl2NO8-2. The molecule has 9 nitrogen and oxygen atoms in total. The van der Waals surface area contributed by atoms with Gasteiger partial charge in [-0.2, -0.15) is 0 Å². The molecule has 11 heteroatoms. The molecule has 0 unspecified atom stereocenters. The van der Waals surface area contributed by atoms with Crippen molar-refractivity contribution in [2.75, 3.05) is 34.4 Å². The van der Waals surface area contributed by atoms with Gasteiger partial charge in [0.1, 0.15) is 11.5 Å². The summed E-state index contributed by atoms with van der Waals surface area (Å²) in [4.78, 5) is 37.1. The largest absolute Gasteiger partial charge is 0.545 e. The molecule has 0 atom stereocenters. The predicted octanol–water partition coefficient (Wildman–Crippen LogP) is 2.40. The van der Waals surface area contributed by atoms with Crippen LogP contribution in [0.3, 0.4) is 0 Å². The van der Waals surface area contributed by atoms with Gasteiger partial charge in [0.2, 0.25) is 0 Å². The number of halogens is 2. The first-order chi connectivity index (χ1) is 16.6. The van der Waals surface area contributed by atoms with Gasteiger partial charge >= 0.3 is 6.09 Å². The Labute approximate surface area is 211 Å². The van der Waals surface area contributed by atoms with Crippen molar-refractivity contribution in [1.29, 1.82) is 0 Å². The van der Waals surface area contributed by atoms with Gasteiger partial charge in [0.25, 0.3) is 0 Å². The monoisotopic (exact) mass is 521 g/mol. The SMILES string of the molecule is COC(=O)N1CCC(=C(c2cc(Cl)c(OC)c(C(=O)[O-])c2)c2cc(Cl)c(OC)c(C(=O)[O-])c2)CC1. The summed E-state index contributed by atoms with van der Waals surface area (Å²) in [7, 11) is 3.86. The van der Waals surface area contributed by atoms with Crippen LogP contribution in [-0.4, -0.2) is 57.4 Å². The molecule has 0 radical (unpaired) electrons. The lowest BCUT2D eigenvalue weighted by atomic mass is 9.87. The van der Waals surface area contributed by atoms with E-state index >= 15 is 0 Å². The Morgan fingerprint density at radius 2 is 1.23 bits per heavy atom. The maximum absolute atomic E-state index is 11.9. The highest BCUT2D eigenvalue weighted by molar-refractivity contribution is 6.33. The second kappa shape index (κ2) is 10.9. The fraction of sp³-hybridized carbons (Fsp3) is 0.292. The van der Waals surface area contributed by atoms with Gasteiger partial charge in [-0.25, -0.2) is 4.79 Å². The van der Waals surface area contributed by atoms with Gasteiger partial charge in [0.15, 0.2) is 0 Å². The topological polar surface area (TPSA) is 128 Å². The molecule has 0 aromatic heterocycles. The highest BCUT2D eigenvalue weighted by Gasteiger charge is 2.25. The number of nitrogens with zero attached hydrogens (tertiary/aromatic N) is 1. The van der Waals surface area contributed by atoms with Gasteiger partial charge < -0.3 is 38.9 Å². The summed E-state index contributed by atoms with van der Waals surface area (Å²) in [6.45, 7) is 0.667. The highest BCUT2D eigenvalue weighted by atomic mass is 35.5. The Kier molecular flexibility index (Phi) is 8.14. The number of piperidine rings is 1. The summed E-state index contributed by atoms with van der Waals surface area (Å²) < 4.78 is 15.0. The third kappa shape index (κ3) is 5.31. The van der Waals surface area contributed by atoms with Crippen LogP contribution in [0, 0.1) is 0 Å². The van der Waals surface area contributed by atoms with Crippen molar-refractivity contribution in [2.24, 2.45) is 0 Å². The minimum atomic E-state index is -1.50. The third-order valence-electron chi connectivity index (χ3n) is 5.67. The van der Waals surface area contributed by atoms with Crippen molar-refractivity contribution in [1.82, 2.24) is 4.90 Å². The predicted molar refractivity (Wildman–Crippen MR) is 124 cm³/mol. The van der Waals surface area contributed by atoms with Gasteiger partial charge in [-0.3, -0.25) is 0 Å². The number of ether oxygens (including phenoxy) is 3. The van der Waals surface area contributed by atoms with Crippen LogP contribution in [0.25, 0.3) is 5.57 Å². The Morgan fingerprint density at radius 1 is 0.800 bits per heavy atom. The molecule has 2 aromatic rings. The third-order valence-corrected chi connectivity index (χ3v) is 6.23. The van der Waals surface area contributed by atoms with Gasteiger partial charge in [0.05, 0.1) is 43.3 Å².